The smallest absolute Gasteiger partial charge is 0.169 e. The minimum Gasteiger partial charge on any atom is -0.203 e. The molecule has 1 rings (SSSR count). The third-order valence-corrected chi connectivity index (χ3v) is 5.09. The molecule has 0 atom stereocenters. The Labute approximate surface area is 151 Å². The molecular weight excluding hydrogens is 290 g/mol. The Morgan fingerprint density at radius 1 is 0.667 bits per heavy atom. The zero-order chi connectivity index (χ0) is 17.5. The van der Waals surface area contributed by atoms with E-state index >= 15 is 0 Å². The molecule has 0 saturated heterocycles. The fourth-order valence-corrected chi connectivity index (χ4v) is 3.33. The second kappa shape index (κ2) is 14.5. The number of pyridine rings is 1. The Morgan fingerprint density at radius 3 is 1.50 bits per heavy atom. The average molecular weight is 333 g/mol. The van der Waals surface area contributed by atoms with E-state index in [1.165, 1.54) is 95.5 Å². The van der Waals surface area contributed by atoms with Crippen molar-refractivity contribution in [2.24, 2.45) is 0 Å². The number of nitrogens with zero attached hydrogens (tertiary/aromatic N) is 1. The van der Waals surface area contributed by atoms with E-state index in [9.17, 15) is 0 Å². The summed E-state index contributed by atoms with van der Waals surface area (Å²) in [6, 6.07) is 5.15. The maximum absolute atomic E-state index is 2.29. The molecule has 1 nitrogen and oxygen atoms in total. The van der Waals surface area contributed by atoms with E-state index in [1.54, 1.807) is 0 Å². The number of unbranched alkanes of at least 4 members (excludes halogenated alkanes) is 12. The molecule has 138 valence electrons. The van der Waals surface area contributed by atoms with Gasteiger partial charge in [-0.25, -0.2) is 4.57 Å². The Bertz CT molecular complexity index is 380. The highest BCUT2D eigenvalue weighted by molar-refractivity contribution is 5.07. The molecule has 0 N–H and O–H groups in total. The van der Waals surface area contributed by atoms with E-state index in [2.05, 4.69) is 49.9 Å². The van der Waals surface area contributed by atoms with Gasteiger partial charge in [0.25, 0.3) is 0 Å². The highest BCUT2D eigenvalue weighted by atomic mass is 15.0. The highest BCUT2D eigenvalue weighted by Gasteiger charge is 2.04. The second-order valence-electron chi connectivity index (χ2n) is 7.74. The van der Waals surface area contributed by atoms with E-state index < -0.39 is 0 Å². The van der Waals surface area contributed by atoms with Crippen LogP contribution in [0.1, 0.15) is 116 Å². The average Bonchev–Trinajstić information content (AvgIpc) is 2.59. The molecule has 1 aromatic heterocycles. The summed E-state index contributed by atoms with van der Waals surface area (Å²) in [4.78, 5) is 0. The van der Waals surface area contributed by atoms with Gasteiger partial charge in [0.05, 0.1) is 0 Å². The molecule has 1 heteroatoms. The molecule has 0 fully saturated rings. The molecule has 0 aromatic carbocycles. The predicted molar refractivity (Wildman–Crippen MR) is 106 cm³/mol. The number of hydrogen-bond donors (Lipinski definition) is 0. The minimum atomic E-state index is 0.565. The SMILES string of the molecule is CCCCCCCCCCCCCCCc1cc[n+](C(C)C)cc1. The third kappa shape index (κ3) is 10.8. The topological polar surface area (TPSA) is 3.88 Å². The van der Waals surface area contributed by atoms with Crippen LogP contribution in [0.5, 0.6) is 0 Å². The van der Waals surface area contributed by atoms with Gasteiger partial charge in [0, 0.05) is 12.1 Å². The van der Waals surface area contributed by atoms with Crippen molar-refractivity contribution in [2.75, 3.05) is 0 Å². The lowest BCUT2D eigenvalue weighted by Crippen LogP contribution is -2.34. The Hall–Kier alpha value is -0.850. The van der Waals surface area contributed by atoms with Crippen LogP contribution >= 0.6 is 0 Å². The number of aromatic nitrogens is 1. The van der Waals surface area contributed by atoms with Gasteiger partial charge >= 0.3 is 0 Å². The summed E-state index contributed by atoms with van der Waals surface area (Å²) in [5, 5.41) is 0. The van der Waals surface area contributed by atoms with Crippen LogP contribution in [0.25, 0.3) is 0 Å². The van der Waals surface area contributed by atoms with Gasteiger partial charge in [-0.3, -0.25) is 0 Å². The molecule has 0 unspecified atom stereocenters. The maximum atomic E-state index is 2.29. The summed E-state index contributed by atoms with van der Waals surface area (Å²) in [6.07, 6.45) is 24.3. The standard InChI is InChI=1S/C23H42N/c1-4-5-6-7-8-9-10-11-12-13-14-15-16-17-23-18-20-24(21-19-23)22(2)3/h18-22H,4-17H2,1-3H3/q+1. The van der Waals surface area contributed by atoms with E-state index in [1.807, 2.05) is 0 Å². The molecule has 0 aliphatic carbocycles. The summed E-state index contributed by atoms with van der Waals surface area (Å²) >= 11 is 0. The van der Waals surface area contributed by atoms with Gasteiger partial charge in [0.2, 0.25) is 0 Å². The van der Waals surface area contributed by atoms with Crippen molar-refractivity contribution in [1.29, 1.82) is 0 Å². The zero-order valence-corrected chi connectivity index (χ0v) is 16.7. The lowest BCUT2D eigenvalue weighted by Gasteiger charge is -2.04. The van der Waals surface area contributed by atoms with E-state index in [0.29, 0.717) is 6.04 Å². The van der Waals surface area contributed by atoms with Crippen molar-refractivity contribution in [3.8, 4) is 0 Å². The molecule has 0 aliphatic heterocycles. The first-order valence-corrected chi connectivity index (χ1v) is 10.7. The van der Waals surface area contributed by atoms with E-state index in [0.717, 1.165) is 0 Å². The molecule has 0 aliphatic rings. The van der Waals surface area contributed by atoms with Gasteiger partial charge in [0.15, 0.2) is 18.4 Å². The number of aryl methyl sites for hydroxylation is 1. The highest BCUT2D eigenvalue weighted by Crippen LogP contribution is 2.13. The van der Waals surface area contributed by atoms with Crippen molar-refractivity contribution < 1.29 is 4.57 Å². The molecule has 0 bridgehead atoms. The van der Waals surface area contributed by atoms with Crippen LogP contribution in [0.3, 0.4) is 0 Å². The number of hydrogen-bond acceptors (Lipinski definition) is 0. The lowest BCUT2D eigenvalue weighted by molar-refractivity contribution is -0.716. The monoisotopic (exact) mass is 332 g/mol. The molecule has 0 radical (unpaired) electrons. The van der Waals surface area contributed by atoms with E-state index in [-0.39, 0.29) is 0 Å². The van der Waals surface area contributed by atoms with Crippen molar-refractivity contribution in [3.05, 3.63) is 30.1 Å². The van der Waals surface area contributed by atoms with E-state index in [4.69, 9.17) is 0 Å². The van der Waals surface area contributed by atoms with Crippen LogP contribution in [0.2, 0.25) is 0 Å². The van der Waals surface area contributed by atoms with Crippen LogP contribution in [-0.4, -0.2) is 0 Å². The van der Waals surface area contributed by atoms with Crippen LogP contribution < -0.4 is 4.57 Å². The summed E-state index contributed by atoms with van der Waals surface area (Å²) in [7, 11) is 0. The normalized spacial score (nSPS) is 11.3. The van der Waals surface area contributed by atoms with Crippen LogP contribution in [0.15, 0.2) is 24.5 Å². The van der Waals surface area contributed by atoms with Crippen LogP contribution in [0.4, 0.5) is 0 Å². The van der Waals surface area contributed by atoms with Crippen molar-refractivity contribution in [2.45, 2.75) is 117 Å². The molecular formula is C23H42N+. The quantitative estimate of drug-likeness (QED) is 0.236. The van der Waals surface area contributed by atoms with Gasteiger partial charge in [-0.15, -0.1) is 0 Å². The summed E-state index contributed by atoms with van der Waals surface area (Å²) in [5.41, 5.74) is 1.50. The predicted octanol–water partition coefficient (Wildman–Crippen LogP) is 7.19. The van der Waals surface area contributed by atoms with Crippen molar-refractivity contribution >= 4 is 0 Å². The first-order valence-electron chi connectivity index (χ1n) is 10.7. The Balaban J connectivity index is 1.87. The van der Waals surface area contributed by atoms with Crippen LogP contribution in [-0.2, 0) is 6.42 Å². The third-order valence-electron chi connectivity index (χ3n) is 5.09. The lowest BCUT2D eigenvalue weighted by atomic mass is 10.0. The Morgan fingerprint density at radius 2 is 1.08 bits per heavy atom. The van der Waals surface area contributed by atoms with Gasteiger partial charge < -0.3 is 0 Å². The minimum absolute atomic E-state index is 0.565. The van der Waals surface area contributed by atoms with Gasteiger partial charge in [-0.1, -0.05) is 84.0 Å². The summed E-state index contributed by atoms with van der Waals surface area (Å²) in [6.45, 7) is 6.75. The second-order valence-corrected chi connectivity index (χ2v) is 7.74. The van der Waals surface area contributed by atoms with Crippen LogP contribution in [0, 0.1) is 0 Å². The van der Waals surface area contributed by atoms with Crippen molar-refractivity contribution in [3.63, 3.8) is 0 Å². The van der Waals surface area contributed by atoms with Gasteiger partial charge in [-0.05, 0) is 32.3 Å². The number of rotatable bonds is 15. The largest absolute Gasteiger partial charge is 0.203 e. The van der Waals surface area contributed by atoms with Gasteiger partial charge in [-0.2, -0.15) is 0 Å². The first kappa shape index (κ1) is 21.2. The summed E-state index contributed by atoms with van der Waals surface area (Å²) in [5.74, 6) is 0. The van der Waals surface area contributed by atoms with Gasteiger partial charge in [0.1, 0.15) is 0 Å². The Kier molecular flexibility index (Phi) is 12.8. The first-order chi connectivity index (χ1) is 11.7. The zero-order valence-electron chi connectivity index (χ0n) is 16.7. The molecule has 24 heavy (non-hydrogen) atoms. The van der Waals surface area contributed by atoms with Crippen molar-refractivity contribution in [1.82, 2.24) is 0 Å². The molecule has 1 heterocycles. The molecule has 0 saturated carbocycles. The fourth-order valence-electron chi connectivity index (χ4n) is 3.33. The summed E-state index contributed by atoms with van der Waals surface area (Å²) < 4.78 is 2.27. The molecule has 0 amide bonds. The molecule has 0 spiro atoms. The molecule has 1 aromatic rings. The fraction of sp³-hybridized carbons (Fsp3) is 0.783. The maximum Gasteiger partial charge on any atom is 0.169 e.